The fraction of sp³-hybridized carbons (Fsp3) is 0.706. The largest absolute Gasteiger partial charge is 0.469 e. The molecule has 1 aliphatic heterocycles. The minimum Gasteiger partial charge on any atom is -0.469 e. The molecule has 0 spiro atoms. The maximum atomic E-state index is 11.9. The Bertz CT molecular complexity index is 579. The first-order valence-corrected chi connectivity index (χ1v) is 9.45. The SMILES string of the molecule is CCNC(=NCCc1ncc(CC)s1)N1CC(C)C(C(=O)OC)C1.I. The van der Waals surface area contributed by atoms with Crippen LogP contribution in [-0.4, -0.2) is 55.1 Å². The van der Waals surface area contributed by atoms with Crippen molar-refractivity contribution < 1.29 is 9.53 Å². The number of esters is 1. The topological polar surface area (TPSA) is 66.8 Å². The van der Waals surface area contributed by atoms with Gasteiger partial charge in [-0.15, -0.1) is 35.3 Å². The Morgan fingerprint density at radius 1 is 1.48 bits per heavy atom. The number of aliphatic imine (C=N–C) groups is 1. The van der Waals surface area contributed by atoms with Crippen molar-refractivity contribution in [3.63, 3.8) is 0 Å². The summed E-state index contributed by atoms with van der Waals surface area (Å²) in [7, 11) is 1.45. The van der Waals surface area contributed by atoms with E-state index in [-0.39, 0.29) is 41.8 Å². The van der Waals surface area contributed by atoms with E-state index in [9.17, 15) is 4.79 Å². The number of guanidine groups is 1. The molecule has 6 nitrogen and oxygen atoms in total. The van der Waals surface area contributed by atoms with Gasteiger partial charge in [0.2, 0.25) is 0 Å². The van der Waals surface area contributed by atoms with E-state index in [1.165, 1.54) is 12.0 Å². The van der Waals surface area contributed by atoms with Gasteiger partial charge in [0.15, 0.2) is 5.96 Å². The first-order valence-electron chi connectivity index (χ1n) is 8.63. The minimum absolute atomic E-state index is 0. The van der Waals surface area contributed by atoms with Crippen LogP contribution in [0, 0.1) is 11.8 Å². The van der Waals surface area contributed by atoms with E-state index in [0.29, 0.717) is 13.1 Å². The first-order chi connectivity index (χ1) is 11.6. The highest BCUT2D eigenvalue weighted by Gasteiger charge is 2.36. The number of nitrogens with one attached hydrogen (secondary N) is 1. The molecule has 0 saturated carbocycles. The molecule has 2 rings (SSSR count). The lowest BCUT2D eigenvalue weighted by molar-refractivity contribution is -0.145. The Labute approximate surface area is 171 Å². The van der Waals surface area contributed by atoms with Crippen molar-refractivity contribution in [1.82, 2.24) is 15.2 Å². The van der Waals surface area contributed by atoms with E-state index in [0.717, 1.165) is 36.9 Å². The molecule has 2 heterocycles. The van der Waals surface area contributed by atoms with Gasteiger partial charge in [0.1, 0.15) is 0 Å². The number of ether oxygens (including phenoxy) is 1. The van der Waals surface area contributed by atoms with E-state index in [4.69, 9.17) is 9.73 Å². The Balaban J connectivity index is 0.00000312. The number of aromatic nitrogens is 1. The molecule has 1 aliphatic rings. The molecule has 1 N–H and O–H groups in total. The van der Waals surface area contributed by atoms with Crippen molar-refractivity contribution in [2.24, 2.45) is 16.8 Å². The second kappa shape index (κ2) is 10.9. The average Bonchev–Trinajstić information content (AvgIpc) is 3.19. The van der Waals surface area contributed by atoms with Gasteiger partial charge in [-0.3, -0.25) is 9.79 Å². The second-order valence-corrected chi connectivity index (χ2v) is 7.27. The standard InChI is InChI=1S/C17H28N4O2S.HI/c1-5-13-9-20-15(24-13)7-8-19-17(18-6-2)21-10-12(3)14(11-21)16(22)23-4;/h9,12,14H,5-8,10-11H2,1-4H3,(H,18,19);1H. The molecule has 1 aromatic rings. The number of thiazole rings is 1. The van der Waals surface area contributed by atoms with Crippen LogP contribution in [0.3, 0.4) is 0 Å². The number of aryl methyl sites for hydroxylation is 1. The van der Waals surface area contributed by atoms with Crippen molar-refractivity contribution in [2.45, 2.75) is 33.6 Å². The van der Waals surface area contributed by atoms with Crippen LogP contribution >= 0.6 is 35.3 Å². The van der Waals surface area contributed by atoms with Gasteiger partial charge in [0.05, 0.1) is 18.0 Å². The lowest BCUT2D eigenvalue weighted by Gasteiger charge is -2.21. The molecule has 1 saturated heterocycles. The average molecular weight is 480 g/mol. The number of hydrogen-bond donors (Lipinski definition) is 1. The molecule has 1 fully saturated rings. The summed E-state index contributed by atoms with van der Waals surface area (Å²) >= 11 is 1.76. The van der Waals surface area contributed by atoms with Gasteiger partial charge in [-0.2, -0.15) is 0 Å². The lowest BCUT2D eigenvalue weighted by atomic mass is 9.99. The van der Waals surface area contributed by atoms with Crippen molar-refractivity contribution in [2.75, 3.05) is 33.3 Å². The first kappa shape index (κ1) is 22.1. The highest BCUT2D eigenvalue weighted by atomic mass is 127. The summed E-state index contributed by atoms with van der Waals surface area (Å²) in [6.07, 6.45) is 3.84. The zero-order valence-corrected chi connectivity index (χ0v) is 18.6. The third kappa shape index (κ3) is 6.09. The van der Waals surface area contributed by atoms with Gasteiger partial charge >= 0.3 is 5.97 Å². The van der Waals surface area contributed by atoms with Crippen LogP contribution in [0.5, 0.6) is 0 Å². The predicted molar refractivity (Wildman–Crippen MR) is 113 cm³/mol. The second-order valence-electron chi connectivity index (χ2n) is 6.07. The van der Waals surface area contributed by atoms with E-state index in [1.807, 2.05) is 6.20 Å². The summed E-state index contributed by atoms with van der Waals surface area (Å²) < 4.78 is 4.91. The summed E-state index contributed by atoms with van der Waals surface area (Å²) in [6, 6.07) is 0. The summed E-state index contributed by atoms with van der Waals surface area (Å²) in [5, 5.41) is 4.47. The maximum Gasteiger partial charge on any atom is 0.310 e. The molecule has 2 unspecified atom stereocenters. The fourth-order valence-electron chi connectivity index (χ4n) is 2.91. The normalized spacial score (nSPS) is 20.3. The zero-order valence-electron chi connectivity index (χ0n) is 15.4. The highest BCUT2D eigenvalue weighted by Crippen LogP contribution is 2.24. The number of carbonyl (C=O) groups excluding carboxylic acids is 1. The number of methoxy groups -OCH3 is 1. The van der Waals surface area contributed by atoms with Gasteiger partial charge in [0.25, 0.3) is 0 Å². The molecule has 0 aliphatic carbocycles. The molecule has 142 valence electrons. The van der Waals surface area contributed by atoms with Gasteiger partial charge in [-0.1, -0.05) is 13.8 Å². The van der Waals surface area contributed by atoms with Gasteiger partial charge in [-0.05, 0) is 19.3 Å². The fourth-order valence-corrected chi connectivity index (χ4v) is 3.76. The molecule has 1 aromatic heterocycles. The number of rotatable bonds is 6. The van der Waals surface area contributed by atoms with E-state index in [1.54, 1.807) is 11.3 Å². The molecule has 25 heavy (non-hydrogen) atoms. The monoisotopic (exact) mass is 480 g/mol. The minimum atomic E-state index is -0.129. The van der Waals surface area contributed by atoms with Crippen LogP contribution in [0.4, 0.5) is 0 Å². The van der Waals surface area contributed by atoms with Crippen LogP contribution < -0.4 is 5.32 Å². The van der Waals surface area contributed by atoms with Crippen LogP contribution in [0.15, 0.2) is 11.2 Å². The van der Waals surface area contributed by atoms with Crippen molar-refractivity contribution in [3.05, 3.63) is 16.1 Å². The molecule has 8 heteroatoms. The summed E-state index contributed by atoms with van der Waals surface area (Å²) in [4.78, 5) is 24.5. The third-order valence-electron chi connectivity index (χ3n) is 4.29. The Kier molecular flexibility index (Phi) is 9.70. The number of hydrogen-bond acceptors (Lipinski definition) is 5. The smallest absolute Gasteiger partial charge is 0.310 e. The molecular weight excluding hydrogens is 451 g/mol. The lowest BCUT2D eigenvalue weighted by Crippen LogP contribution is -2.40. The Morgan fingerprint density at radius 2 is 2.24 bits per heavy atom. The predicted octanol–water partition coefficient (Wildman–Crippen LogP) is 2.57. The van der Waals surface area contributed by atoms with Gasteiger partial charge in [-0.25, -0.2) is 4.98 Å². The van der Waals surface area contributed by atoms with E-state index < -0.39 is 0 Å². The van der Waals surface area contributed by atoms with E-state index >= 15 is 0 Å². The molecule has 0 aromatic carbocycles. The molecule has 0 bridgehead atoms. The third-order valence-corrected chi connectivity index (χ3v) is 5.49. The van der Waals surface area contributed by atoms with Crippen molar-refractivity contribution in [3.8, 4) is 0 Å². The van der Waals surface area contributed by atoms with Crippen LogP contribution in [0.1, 0.15) is 30.7 Å². The molecule has 0 radical (unpaired) electrons. The molecule has 2 atom stereocenters. The van der Waals surface area contributed by atoms with Crippen LogP contribution in [-0.2, 0) is 22.4 Å². The number of carbonyl (C=O) groups is 1. The van der Waals surface area contributed by atoms with Crippen LogP contribution in [0.2, 0.25) is 0 Å². The van der Waals surface area contributed by atoms with Crippen molar-refractivity contribution in [1.29, 1.82) is 0 Å². The Morgan fingerprint density at radius 3 is 2.84 bits per heavy atom. The molecular formula is C17H29IN4O2S. The Hall–Kier alpha value is -0.900. The highest BCUT2D eigenvalue weighted by molar-refractivity contribution is 14.0. The van der Waals surface area contributed by atoms with Crippen LogP contribution in [0.25, 0.3) is 0 Å². The number of halogens is 1. The van der Waals surface area contributed by atoms with E-state index in [2.05, 4.69) is 36.0 Å². The zero-order chi connectivity index (χ0) is 17.5. The maximum absolute atomic E-state index is 11.9. The number of likely N-dealkylation sites (tertiary alicyclic amines) is 1. The van der Waals surface area contributed by atoms with Gasteiger partial charge < -0.3 is 15.0 Å². The summed E-state index contributed by atoms with van der Waals surface area (Å²) in [5.41, 5.74) is 0. The molecule has 0 amide bonds. The summed E-state index contributed by atoms with van der Waals surface area (Å²) in [5.74, 6) is 0.941. The quantitative estimate of drug-likeness (QED) is 0.294. The van der Waals surface area contributed by atoms with Gasteiger partial charge in [0, 0.05) is 43.7 Å². The van der Waals surface area contributed by atoms with Crippen molar-refractivity contribution >= 4 is 47.2 Å². The summed E-state index contributed by atoms with van der Waals surface area (Å²) in [6.45, 7) is 9.29. The number of nitrogens with zero attached hydrogens (tertiary/aromatic N) is 3.